The summed E-state index contributed by atoms with van der Waals surface area (Å²) in [6.07, 6.45) is 3.86. The van der Waals surface area contributed by atoms with E-state index in [9.17, 15) is 27.6 Å². The molecule has 1 aromatic heterocycles. The first-order chi connectivity index (χ1) is 17.2. The van der Waals surface area contributed by atoms with Crippen LogP contribution in [0.4, 0.5) is 13.2 Å². The van der Waals surface area contributed by atoms with Gasteiger partial charge in [0, 0.05) is 12.6 Å². The number of ether oxygens (including phenoxy) is 3. The second-order valence-corrected chi connectivity index (χ2v) is 9.01. The fraction of sp³-hybridized carbons (Fsp3) is 0.708. The highest BCUT2D eigenvalue weighted by atomic mass is 19.4. The average molecular weight is 516 g/mol. The number of aromatic nitrogens is 2. The van der Waals surface area contributed by atoms with Crippen LogP contribution in [0.1, 0.15) is 63.7 Å². The van der Waals surface area contributed by atoms with Gasteiger partial charge in [-0.15, -0.1) is 6.42 Å². The highest BCUT2D eigenvalue weighted by Crippen LogP contribution is 2.32. The topological polar surface area (TPSA) is 103 Å². The summed E-state index contributed by atoms with van der Waals surface area (Å²) in [6.45, 7) is 3.45. The van der Waals surface area contributed by atoms with E-state index in [4.69, 9.17) is 20.6 Å². The molecular formula is C24H32F3N3O6. The van der Waals surface area contributed by atoms with Gasteiger partial charge in [-0.3, -0.25) is 24.0 Å². The monoisotopic (exact) mass is 515 g/mol. The predicted molar refractivity (Wildman–Crippen MR) is 123 cm³/mol. The number of esters is 1. The lowest BCUT2D eigenvalue weighted by atomic mass is 10.1. The van der Waals surface area contributed by atoms with Gasteiger partial charge in [-0.1, -0.05) is 32.1 Å². The number of rotatable bonds is 11. The van der Waals surface area contributed by atoms with Gasteiger partial charge in [0.25, 0.3) is 5.56 Å². The van der Waals surface area contributed by atoms with Crippen LogP contribution in [0.15, 0.2) is 15.8 Å². The summed E-state index contributed by atoms with van der Waals surface area (Å²) in [4.78, 5) is 40.4. The summed E-state index contributed by atoms with van der Waals surface area (Å²) in [5.41, 5.74) is -4.12. The van der Waals surface area contributed by atoms with E-state index in [0.29, 0.717) is 17.2 Å². The molecule has 2 aliphatic rings. The Kier molecular flexibility index (Phi) is 9.76. The fourth-order valence-electron chi connectivity index (χ4n) is 4.62. The molecule has 36 heavy (non-hydrogen) atoms. The third-order valence-corrected chi connectivity index (χ3v) is 6.47. The Hall–Kier alpha value is -2.62. The highest BCUT2D eigenvalue weighted by Gasteiger charge is 2.41. The van der Waals surface area contributed by atoms with Crippen LogP contribution in [0.2, 0.25) is 0 Å². The second kappa shape index (κ2) is 12.6. The van der Waals surface area contributed by atoms with Crippen LogP contribution in [0.5, 0.6) is 0 Å². The molecule has 2 fully saturated rings. The van der Waals surface area contributed by atoms with Crippen molar-refractivity contribution >= 4 is 5.97 Å². The number of unbranched alkanes of at least 4 members (excludes halogenated alkanes) is 3. The summed E-state index contributed by atoms with van der Waals surface area (Å²) in [7, 11) is 0. The zero-order chi connectivity index (χ0) is 26.3. The first-order valence-electron chi connectivity index (χ1n) is 12.2. The summed E-state index contributed by atoms with van der Waals surface area (Å²) >= 11 is 0. The molecule has 2 saturated heterocycles. The normalized spacial score (nSPS) is 24.6. The van der Waals surface area contributed by atoms with E-state index in [2.05, 4.69) is 17.7 Å². The molecule has 0 saturated carbocycles. The van der Waals surface area contributed by atoms with Crippen molar-refractivity contribution in [3.8, 4) is 12.3 Å². The van der Waals surface area contributed by atoms with E-state index in [1.54, 1.807) is 4.98 Å². The third-order valence-electron chi connectivity index (χ3n) is 6.47. The zero-order valence-electron chi connectivity index (χ0n) is 20.2. The summed E-state index contributed by atoms with van der Waals surface area (Å²) in [5.74, 6) is 1.91. The number of carbonyl (C=O) groups excluding carboxylic acids is 1. The second-order valence-electron chi connectivity index (χ2n) is 9.01. The van der Waals surface area contributed by atoms with Gasteiger partial charge in [-0.05, 0) is 32.4 Å². The van der Waals surface area contributed by atoms with Crippen molar-refractivity contribution in [3.05, 3.63) is 32.6 Å². The highest BCUT2D eigenvalue weighted by molar-refractivity contribution is 5.76. The van der Waals surface area contributed by atoms with E-state index < -0.39 is 47.4 Å². The summed E-state index contributed by atoms with van der Waals surface area (Å²) in [6, 6.07) is -0.356. The lowest BCUT2D eigenvalue weighted by Gasteiger charge is -2.24. The van der Waals surface area contributed by atoms with E-state index >= 15 is 0 Å². The SMILES string of the molecule is C#CCO[C@H]1C[C@H](n2cc(C(F)(F)F)c(=O)[nH]c2=O)O[C@@H]1COC(=O)[C@@H]1CCCN1CCCCCC. The standard InChI is InChI=1S/C24H32F3N3O6/c1-3-5-6-7-10-29-11-8-9-17(29)22(32)35-15-19-18(34-12-4-2)13-20(36-19)30-14-16(24(25,26)27)21(31)28-23(30)33/h2,14,17-20H,3,5-13,15H2,1H3,(H,28,31,33)/t17-,18-,19+,20+/m0/s1. The first-order valence-corrected chi connectivity index (χ1v) is 12.2. The van der Waals surface area contributed by atoms with Gasteiger partial charge in [0.15, 0.2) is 0 Å². The number of H-pyrrole nitrogens is 1. The van der Waals surface area contributed by atoms with Gasteiger partial charge in [0.1, 0.15) is 37.2 Å². The maximum atomic E-state index is 13.2. The lowest BCUT2D eigenvalue weighted by molar-refractivity contribution is -0.156. The molecule has 12 heteroatoms. The molecule has 2 aliphatic heterocycles. The average Bonchev–Trinajstić information content (AvgIpc) is 3.45. The number of nitrogens with one attached hydrogen (secondary N) is 1. The van der Waals surface area contributed by atoms with E-state index in [1.165, 1.54) is 0 Å². The molecule has 1 N–H and O–H groups in total. The van der Waals surface area contributed by atoms with E-state index in [0.717, 1.165) is 45.2 Å². The number of halogens is 3. The van der Waals surface area contributed by atoms with Crippen molar-refractivity contribution in [2.75, 3.05) is 26.3 Å². The quantitative estimate of drug-likeness (QED) is 0.274. The molecule has 0 aromatic carbocycles. The Morgan fingerprint density at radius 2 is 2.08 bits per heavy atom. The number of aromatic amines is 1. The number of carbonyl (C=O) groups is 1. The van der Waals surface area contributed by atoms with Gasteiger partial charge in [-0.25, -0.2) is 4.79 Å². The molecule has 3 rings (SSSR count). The van der Waals surface area contributed by atoms with Crippen molar-refractivity contribution in [2.24, 2.45) is 0 Å². The Labute approximate surface area is 206 Å². The molecule has 0 bridgehead atoms. The fourth-order valence-corrected chi connectivity index (χ4v) is 4.62. The number of alkyl halides is 3. The first kappa shape index (κ1) is 28.0. The number of terminal acetylenes is 1. The smallest absolute Gasteiger partial charge is 0.423 e. The Morgan fingerprint density at radius 1 is 1.31 bits per heavy atom. The molecule has 9 nitrogen and oxygen atoms in total. The largest absolute Gasteiger partial charge is 0.462 e. The Morgan fingerprint density at radius 3 is 2.78 bits per heavy atom. The van der Waals surface area contributed by atoms with Crippen molar-refractivity contribution in [1.82, 2.24) is 14.5 Å². The molecule has 1 aromatic rings. The van der Waals surface area contributed by atoms with Crippen LogP contribution in [0.25, 0.3) is 0 Å². The summed E-state index contributed by atoms with van der Waals surface area (Å²) < 4.78 is 57.1. The van der Waals surface area contributed by atoms with Crippen LogP contribution >= 0.6 is 0 Å². The maximum absolute atomic E-state index is 13.2. The van der Waals surface area contributed by atoms with E-state index in [-0.39, 0.29) is 25.7 Å². The molecular weight excluding hydrogens is 483 g/mol. The molecule has 0 amide bonds. The number of likely N-dealkylation sites (tertiary alicyclic amines) is 1. The molecule has 0 spiro atoms. The van der Waals surface area contributed by atoms with Crippen LogP contribution in [-0.2, 0) is 25.2 Å². The van der Waals surface area contributed by atoms with Crippen molar-refractivity contribution in [1.29, 1.82) is 0 Å². The van der Waals surface area contributed by atoms with Crippen LogP contribution in [-0.4, -0.2) is 65.0 Å². The predicted octanol–water partition coefficient (Wildman–Crippen LogP) is 2.45. The Balaban J connectivity index is 1.67. The number of nitrogens with zero attached hydrogens (tertiary/aromatic N) is 2. The van der Waals surface area contributed by atoms with Gasteiger partial charge in [0.05, 0.1) is 6.10 Å². The van der Waals surface area contributed by atoms with E-state index in [1.807, 2.05) is 0 Å². The number of hydrogen-bond donors (Lipinski definition) is 1. The zero-order valence-corrected chi connectivity index (χ0v) is 20.2. The molecule has 4 atom stereocenters. The minimum absolute atomic E-state index is 0.0277. The molecule has 200 valence electrons. The lowest BCUT2D eigenvalue weighted by Crippen LogP contribution is -2.40. The van der Waals surface area contributed by atoms with Crippen molar-refractivity contribution in [3.63, 3.8) is 0 Å². The maximum Gasteiger partial charge on any atom is 0.423 e. The number of hydrogen-bond acceptors (Lipinski definition) is 7. The molecule has 0 radical (unpaired) electrons. The van der Waals surface area contributed by atoms with Crippen LogP contribution < -0.4 is 11.2 Å². The van der Waals surface area contributed by atoms with Crippen molar-refractivity contribution < 1.29 is 32.2 Å². The van der Waals surface area contributed by atoms with Gasteiger partial charge < -0.3 is 14.2 Å². The molecule has 3 heterocycles. The van der Waals surface area contributed by atoms with Gasteiger partial charge in [0.2, 0.25) is 0 Å². The minimum Gasteiger partial charge on any atom is -0.462 e. The molecule has 0 unspecified atom stereocenters. The van der Waals surface area contributed by atoms with Gasteiger partial charge >= 0.3 is 17.8 Å². The van der Waals surface area contributed by atoms with Crippen LogP contribution in [0.3, 0.4) is 0 Å². The summed E-state index contributed by atoms with van der Waals surface area (Å²) in [5, 5.41) is 0. The van der Waals surface area contributed by atoms with Crippen molar-refractivity contribution in [2.45, 2.75) is 82.5 Å². The molecule has 0 aliphatic carbocycles. The third kappa shape index (κ3) is 6.99. The van der Waals surface area contributed by atoms with Crippen LogP contribution in [0, 0.1) is 12.3 Å². The minimum atomic E-state index is -4.96. The Bertz CT molecular complexity index is 1050. The van der Waals surface area contributed by atoms with Gasteiger partial charge in [-0.2, -0.15) is 13.2 Å².